The topological polar surface area (TPSA) is 20.2 Å². The first kappa shape index (κ1) is 13.6. The molecule has 0 heterocycles. The summed E-state index contributed by atoms with van der Waals surface area (Å²) in [6, 6.07) is 0. The summed E-state index contributed by atoms with van der Waals surface area (Å²) in [5.74, 6) is 0. The summed E-state index contributed by atoms with van der Waals surface area (Å²) in [5.41, 5.74) is 0. The van der Waals surface area contributed by atoms with Crippen LogP contribution in [0, 0.1) is 0 Å². The number of alkyl halides is 2. The van der Waals surface area contributed by atoms with E-state index in [-0.39, 0.29) is 0 Å². The minimum Gasteiger partial charge on any atom is -0.333 e. The maximum atomic E-state index is 11.9. The molecule has 0 rings (SSSR count). The minimum absolute atomic E-state index is 0.555. The van der Waals surface area contributed by atoms with Crippen molar-refractivity contribution in [2.45, 2.75) is 58.0 Å². The number of unbranched alkanes of at least 4 members (excludes halogenated alkanes) is 6. The highest BCUT2D eigenvalue weighted by Crippen LogP contribution is 2.11. The maximum Gasteiger partial charge on any atom is 0.374 e. The fourth-order valence-corrected chi connectivity index (χ4v) is 1.27. The highest BCUT2D eigenvalue weighted by Gasteiger charge is 2.17. The number of halogens is 2. The van der Waals surface area contributed by atoms with Crippen molar-refractivity contribution >= 4 is 0 Å². The monoisotopic (exact) mass is 206 g/mol. The number of rotatable bonds is 8. The molecule has 3 heteroatoms. The van der Waals surface area contributed by atoms with E-state index < -0.39 is 6.11 Å². The molecule has 0 aromatic rings. The Labute approximate surface area is 84.8 Å². The molecule has 0 atom stereocenters. The molecule has 84 valence electrons. The van der Waals surface area contributed by atoms with Gasteiger partial charge in [0.1, 0.15) is 0 Å². The van der Waals surface area contributed by atoms with Crippen molar-refractivity contribution in [3.8, 4) is 0 Å². The molecule has 1 nitrogen and oxygen atoms in total. The van der Waals surface area contributed by atoms with Crippen LogP contribution in [0.3, 0.4) is 0 Å². The smallest absolute Gasteiger partial charge is 0.333 e. The van der Waals surface area contributed by atoms with Crippen molar-refractivity contribution in [1.82, 2.24) is 0 Å². The van der Waals surface area contributed by atoms with Gasteiger partial charge < -0.3 is 5.11 Å². The molecular formula is C11H20F2O. The maximum absolute atomic E-state index is 11.9. The Hall–Kier alpha value is -0.440. The zero-order chi connectivity index (χ0) is 10.9. The zero-order valence-corrected chi connectivity index (χ0v) is 8.81. The van der Waals surface area contributed by atoms with Gasteiger partial charge in [-0.2, -0.15) is 8.78 Å². The van der Waals surface area contributed by atoms with Gasteiger partial charge in [0.05, 0.1) is 0 Å². The van der Waals surface area contributed by atoms with E-state index in [2.05, 4.69) is 6.92 Å². The lowest BCUT2D eigenvalue weighted by Gasteiger charge is -2.00. The van der Waals surface area contributed by atoms with E-state index in [0.29, 0.717) is 12.5 Å². The second-order valence-corrected chi connectivity index (χ2v) is 3.55. The summed E-state index contributed by atoms with van der Waals surface area (Å²) in [5, 5.41) is 8.07. The quantitative estimate of drug-likeness (QED) is 0.472. The average molecular weight is 206 g/mol. The van der Waals surface area contributed by atoms with Gasteiger partial charge >= 0.3 is 6.11 Å². The average Bonchev–Trinajstić information content (AvgIpc) is 2.08. The first-order chi connectivity index (χ1) is 6.56. The van der Waals surface area contributed by atoms with E-state index in [1.807, 2.05) is 0 Å². The summed E-state index contributed by atoms with van der Waals surface area (Å²) in [7, 11) is 0. The van der Waals surface area contributed by atoms with Crippen molar-refractivity contribution in [2.24, 2.45) is 0 Å². The normalized spacial score (nSPS) is 12.6. The van der Waals surface area contributed by atoms with Gasteiger partial charge in [0, 0.05) is 6.08 Å². The van der Waals surface area contributed by atoms with Crippen LogP contribution in [-0.4, -0.2) is 11.2 Å². The SMILES string of the molecule is CCCCCCCC/C=C/C(O)(F)F. The van der Waals surface area contributed by atoms with Gasteiger partial charge in [0.2, 0.25) is 0 Å². The van der Waals surface area contributed by atoms with Crippen LogP contribution in [0.4, 0.5) is 8.78 Å². The number of allylic oxidation sites excluding steroid dienone is 1. The fourth-order valence-electron chi connectivity index (χ4n) is 1.27. The van der Waals surface area contributed by atoms with E-state index >= 15 is 0 Å². The molecule has 0 saturated carbocycles. The Kier molecular flexibility index (Phi) is 7.67. The highest BCUT2D eigenvalue weighted by atomic mass is 19.3. The lowest BCUT2D eigenvalue weighted by molar-refractivity contribution is -0.154. The van der Waals surface area contributed by atoms with Crippen LogP contribution in [-0.2, 0) is 0 Å². The fraction of sp³-hybridized carbons (Fsp3) is 0.818. The zero-order valence-electron chi connectivity index (χ0n) is 8.81. The molecule has 0 aliphatic carbocycles. The number of hydrogen-bond acceptors (Lipinski definition) is 1. The summed E-state index contributed by atoms with van der Waals surface area (Å²) < 4.78 is 23.7. The minimum atomic E-state index is -3.64. The molecule has 0 spiro atoms. The van der Waals surface area contributed by atoms with E-state index in [1.54, 1.807) is 0 Å². The summed E-state index contributed by atoms with van der Waals surface area (Å²) in [6.07, 6.45) is 5.79. The Morgan fingerprint density at radius 3 is 2.21 bits per heavy atom. The summed E-state index contributed by atoms with van der Waals surface area (Å²) in [4.78, 5) is 0. The molecule has 14 heavy (non-hydrogen) atoms. The third-order valence-corrected chi connectivity index (χ3v) is 2.04. The summed E-state index contributed by atoms with van der Waals surface area (Å²) >= 11 is 0. The van der Waals surface area contributed by atoms with Gasteiger partial charge in [-0.15, -0.1) is 0 Å². The Morgan fingerprint density at radius 2 is 1.64 bits per heavy atom. The van der Waals surface area contributed by atoms with Crippen molar-refractivity contribution in [3.05, 3.63) is 12.2 Å². The van der Waals surface area contributed by atoms with Crippen LogP contribution >= 0.6 is 0 Å². The van der Waals surface area contributed by atoms with Crippen LogP contribution < -0.4 is 0 Å². The predicted molar refractivity (Wildman–Crippen MR) is 54.3 cm³/mol. The molecular weight excluding hydrogens is 186 g/mol. The Morgan fingerprint density at radius 1 is 1.07 bits per heavy atom. The second-order valence-electron chi connectivity index (χ2n) is 3.55. The van der Waals surface area contributed by atoms with E-state index in [4.69, 9.17) is 5.11 Å². The van der Waals surface area contributed by atoms with Crippen LogP contribution in [0.25, 0.3) is 0 Å². The third kappa shape index (κ3) is 11.6. The molecule has 1 N–H and O–H groups in total. The standard InChI is InChI=1S/C11H20F2O/c1-2-3-4-5-6-7-8-9-10-11(12,13)14/h9-10,14H,2-8H2,1H3/b10-9+. The number of aliphatic hydroxyl groups is 1. The Bertz CT molecular complexity index is 150. The second kappa shape index (κ2) is 7.92. The lowest BCUT2D eigenvalue weighted by atomic mass is 10.1. The van der Waals surface area contributed by atoms with Gasteiger partial charge in [-0.1, -0.05) is 45.1 Å². The van der Waals surface area contributed by atoms with Crippen LogP contribution in [0.5, 0.6) is 0 Å². The largest absolute Gasteiger partial charge is 0.374 e. The van der Waals surface area contributed by atoms with Gasteiger partial charge in [0.15, 0.2) is 0 Å². The molecule has 0 aliphatic heterocycles. The van der Waals surface area contributed by atoms with Crippen molar-refractivity contribution < 1.29 is 13.9 Å². The molecule has 0 unspecified atom stereocenters. The Balaban J connectivity index is 3.17. The van der Waals surface area contributed by atoms with Crippen molar-refractivity contribution in [2.75, 3.05) is 0 Å². The van der Waals surface area contributed by atoms with Crippen molar-refractivity contribution in [1.29, 1.82) is 0 Å². The van der Waals surface area contributed by atoms with Gasteiger partial charge in [-0.25, -0.2) is 0 Å². The van der Waals surface area contributed by atoms with E-state index in [9.17, 15) is 8.78 Å². The third-order valence-electron chi connectivity index (χ3n) is 2.04. The molecule has 0 aromatic heterocycles. The van der Waals surface area contributed by atoms with Gasteiger partial charge in [-0.05, 0) is 12.8 Å². The van der Waals surface area contributed by atoms with Gasteiger partial charge in [-0.3, -0.25) is 0 Å². The molecule has 0 bridgehead atoms. The van der Waals surface area contributed by atoms with E-state index in [0.717, 1.165) is 12.8 Å². The first-order valence-electron chi connectivity index (χ1n) is 5.34. The first-order valence-corrected chi connectivity index (χ1v) is 5.34. The molecule has 0 aliphatic rings. The predicted octanol–water partition coefficient (Wildman–Crippen LogP) is 3.88. The molecule has 0 fully saturated rings. The lowest BCUT2D eigenvalue weighted by Crippen LogP contribution is -2.08. The molecule has 0 saturated heterocycles. The molecule has 0 aromatic carbocycles. The molecule has 0 amide bonds. The van der Waals surface area contributed by atoms with Crippen LogP contribution in [0.1, 0.15) is 51.9 Å². The van der Waals surface area contributed by atoms with Crippen LogP contribution in [0.15, 0.2) is 12.2 Å². The van der Waals surface area contributed by atoms with Crippen LogP contribution in [0.2, 0.25) is 0 Å². The van der Waals surface area contributed by atoms with E-state index in [1.165, 1.54) is 31.8 Å². The van der Waals surface area contributed by atoms with Gasteiger partial charge in [0.25, 0.3) is 0 Å². The number of hydrogen-bond donors (Lipinski definition) is 1. The summed E-state index contributed by atoms with van der Waals surface area (Å²) in [6.45, 7) is 2.16. The van der Waals surface area contributed by atoms with Crippen molar-refractivity contribution in [3.63, 3.8) is 0 Å². The molecule has 0 radical (unpaired) electrons. The highest BCUT2D eigenvalue weighted by molar-refractivity contribution is 4.87.